The first-order valence-electron chi connectivity index (χ1n) is 8.87. The van der Waals surface area contributed by atoms with Gasteiger partial charge in [-0.1, -0.05) is 42.5 Å². The van der Waals surface area contributed by atoms with E-state index < -0.39 is 0 Å². The molecule has 28 heavy (non-hydrogen) atoms. The normalized spacial score (nSPS) is 10.9. The molecular formula is C21H18N4O2S. The van der Waals surface area contributed by atoms with E-state index in [9.17, 15) is 9.59 Å². The van der Waals surface area contributed by atoms with Gasteiger partial charge in [0, 0.05) is 23.9 Å². The summed E-state index contributed by atoms with van der Waals surface area (Å²) in [5, 5.41) is 5.82. The highest BCUT2D eigenvalue weighted by Gasteiger charge is 2.10. The molecule has 0 radical (unpaired) electrons. The topological polar surface area (TPSA) is 76.9 Å². The van der Waals surface area contributed by atoms with Gasteiger partial charge in [-0.2, -0.15) is 0 Å². The number of rotatable bonds is 5. The SMILES string of the molecule is Cc1cccc2c(=O)n(CCC(=O)Nc3nc(-c4ccccc4)cs3)cnc12. The quantitative estimate of drug-likeness (QED) is 0.561. The van der Waals surface area contributed by atoms with Crippen molar-refractivity contribution in [2.75, 3.05) is 5.32 Å². The van der Waals surface area contributed by atoms with E-state index >= 15 is 0 Å². The number of hydrogen-bond acceptors (Lipinski definition) is 5. The third-order valence-electron chi connectivity index (χ3n) is 4.46. The van der Waals surface area contributed by atoms with E-state index in [1.807, 2.05) is 54.8 Å². The van der Waals surface area contributed by atoms with Crippen LogP contribution in [0.15, 0.2) is 65.0 Å². The fourth-order valence-electron chi connectivity index (χ4n) is 2.97. The van der Waals surface area contributed by atoms with Crippen LogP contribution in [0.1, 0.15) is 12.0 Å². The zero-order chi connectivity index (χ0) is 19.5. The van der Waals surface area contributed by atoms with E-state index in [-0.39, 0.29) is 24.4 Å². The van der Waals surface area contributed by atoms with Gasteiger partial charge in [-0.25, -0.2) is 9.97 Å². The van der Waals surface area contributed by atoms with Crippen LogP contribution >= 0.6 is 11.3 Å². The Morgan fingerprint density at radius 1 is 1.14 bits per heavy atom. The molecule has 0 saturated carbocycles. The second-order valence-corrected chi connectivity index (χ2v) is 7.27. The first-order valence-corrected chi connectivity index (χ1v) is 9.75. The van der Waals surface area contributed by atoms with E-state index in [2.05, 4.69) is 15.3 Å². The molecule has 0 aliphatic carbocycles. The predicted octanol–water partition coefficient (Wildman–Crippen LogP) is 3.86. The van der Waals surface area contributed by atoms with Crippen LogP contribution in [-0.2, 0) is 11.3 Å². The van der Waals surface area contributed by atoms with E-state index in [0.29, 0.717) is 16.0 Å². The highest BCUT2D eigenvalue weighted by molar-refractivity contribution is 7.14. The minimum absolute atomic E-state index is 0.137. The minimum Gasteiger partial charge on any atom is -0.302 e. The van der Waals surface area contributed by atoms with Crippen LogP contribution in [0.3, 0.4) is 0 Å². The largest absolute Gasteiger partial charge is 0.302 e. The number of nitrogens with zero attached hydrogens (tertiary/aromatic N) is 3. The number of aromatic nitrogens is 3. The molecule has 1 amide bonds. The molecule has 0 bridgehead atoms. The van der Waals surface area contributed by atoms with E-state index in [1.54, 1.807) is 6.07 Å². The predicted molar refractivity (Wildman–Crippen MR) is 112 cm³/mol. The van der Waals surface area contributed by atoms with Crippen molar-refractivity contribution in [3.63, 3.8) is 0 Å². The minimum atomic E-state index is -0.190. The van der Waals surface area contributed by atoms with Crippen molar-refractivity contribution in [3.05, 3.63) is 76.2 Å². The summed E-state index contributed by atoms with van der Waals surface area (Å²) in [4.78, 5) is 33.7. The maximum atomic E-state index is 12.6. The van der Waals surface area contributed by atoms with Crippen LogP contribution in [-0.4, -0.2) is 20.4 Å². The number of thiazole rings is 1. The highest BCUT2D eigenvalue weighted by Crippen LogP contribution is 2.24. The van der Waals surface area contributed by atoms with Gasteiger partial charge in [-0.3, -0.25) is 14.2 Å². The molecule has 0 fully saturated rings. The lowest BCUT2D eigenvalue weighted by Gasteiger charge is -2.07. The number of amides is 1. The van der Waals surface area contributed by atoms with Gasteiger partial charge in [0.15, 0.2) is 5.13 Å². The number of para-hydroxylation sites is 1. The highest BCUT2D eigenvalue weighted by atomic mass is 32.1. The Labute approximate surface area is 165 Å². The third-order valence-corrected chi connectivity index (χ3v) is 5.21. The molecule has 0 spiro atoms. The van der Waals surface area contributed by atoms with Crippen LogP contribution in [0.4, 0.5) is 5.13 Å². The van der Waals surface area contributed by atoms with Gasteiger partial charge in [0.25, 0.3) is 5.56 Å². The zero-order valence-corrected chi connectivity index (χ0v) is 16.1. The smallest absolute Gasteiger partial charge is 0.261 e. The van der Waals surface area contributed by atoms with Gasteiger partial charge in [-0.15, -0.1) is 11.3 Å². The molecule has 1 N–H and O–H groups in total. The number of carbonyl (C=O) groups excluding carboxylic acids is 1. The van der Waals surface area contributed by atoms with Gasteiger partial charge in [0.05, 0.1) is 22.9 Å². The number of fused-ring (bicyclic) bond motifs is 1. The molecule has 6 nitrogen and oxygen atoms in total. The fraction of sp³-hybridized carbons (Fsp3) is 0.143. The van der Waals surface area contributed by atoms with Crippen LogP contribution in [0, 0.1) is 6.92 Å². The van der Waals surface area contributed by atoms with E-state index in [1.165, 1.54) is 22.2 Å². The molecule has 4 aromatic rings. The van der Waals surface area contributed by atoms with Crippen LogP contribution in [0.5, 0.6) is 0 Å². The van der Waals surface area contributed by atoms with Crippen molar-refractivity contribution < 1.29 is 4.79 Å². The summed E-state index contributed by atoms with van der Waals surface area (Å²) >= 11 is 1.38. The molecule has 0 unspecified atom stereocenters. The molecule has 140 valence electrons. The molecule has 0 saturated heterocycles. The fourth-order valence-corrected chi connectivity index (χ4v) is 3.71. The summed E-state index contributed by atoms with van der Waals surface area (Å²) in [6, 6.07) is 15.3. The molecular weight excluding hydrogens is 372 g/mol. The van der Waals surface area contributed by atoms with Crippen molar-refractivity contribution in [2.24, 2.45) is 0 Å². The molecule has 2 heterocycles. The Kier molecular flexibility index (Phi) is 4.99. The number of carbonyl (C=O) groups is 1. The van der Waals surface area contributed by atoms with Crippen LogP contribution in [0.2, 0.25) is 0 Å². The lowest BCUT2D eigenvalue weighted by atomic mass is 10.1. The van der Waals surface area contributed by atoms with Crippen molar-refractivity contribution >= 4 is 33.3 Å². The van der Waals surface area contributed by atoms with Crippen molar-refractivity contribution in [1.29, 1.82) is 0 Å². The van der Waals surface area contributed by atoms with Gasteiger partial charge < -0.3 is 5.32 Å². The molecule has 4 rings (SSSR count). The average molecular weight is 390 g/mol. The maximum absolute atomic E-state index is 12.6. The summed E-state index contributed by atoms with van der Waals surface area (Å²) < 4.78 is 1.47. The second-order valence-electron chi connectivity index (χ2n) is 6.42. The van der Waals surface area contributed by atoms with Gasteiger partial charge >= 0.3 is 0 Å². The van der Waals surface area contributed by atoms with Gasteiger partial charge in [0.1, 0.15) is 0 Å². The molecule has 7 heteroatoms. The third kappa shape index (κ3) is 3.70. The zero-order valence-electron chi connectivity index (χ0n) is 15.3. The lowest BCUT2D eigenvalue weighted by molar-refractivity contribution is -0.116. The maximum Gasteiger partial charge on any atom is 0.261 e. The Morgan fingerprint density at radius 2 is 1.96 bits per heavy atom. The number of anilines is 1. The Hall–Kier alpha value is -3.32. The van der Waals surface area contributed by atoms with E-state index in [0.717, 1.165) is 16.8 Å². The molecule has 2 aromatic heterocycles. The summed E-state index contributed by atoms with van der Waals surface area (Å²) in [5.41, 5.74) is 3.35. The lowest BCUT2D eigenvalue weighted by Crippen LogP contribution is -2.23. The Morgan fingerprint density at radius 3 is 2.79 bits per heavy atom. The van der Waals surface area contributed by atoms with Crippen molar-refractivity contribution in [3.8, 4) is 11.3 Å². The Bertz CT molecular complexity index is 1200. The molecule has 0 atom stereocenters. The number of hydrogen-bond donors (Lipinski definition) is 1. The van der Waals surface area contributed by atoms with Crippen LogP contribution < -0.4 is 10.9 Å². The summed E-state index contributed by atoms with van der Waals surface area (Å²) in [5.74, 6) is -0.190. The van der Waals surface area contributed by atoms with E-state index in [4.69, 9.17) is 0 Å². The van der Waals surface area contributed by atoms with Gasteiger partial charge in [0.2, 0.25) is 5.91 Å². The Balaban J connectivity index is 1.43. The molecule has 2 aromatic carbocycles. The summed E-state index contributed by atoms with van der Waals surface area (Å²) in [7, 11) is 0. The average Bonchev–Trinajstić information content (AvgIpc) is 3.17. The molecule has 0 aliphatic heterocycles. The number of nitrogens with one attached hydrogen (secondary N) is 1. The summed E-state index contributed by atoms with van der Waals surface area (Å²) in [6.45, 7) is 2.18. The van der Waals surface area contributed by atoms with Crippen molar-refractivity contribution in [2.45, 2.75) is 19.9 Å². The monoisotopic (exact) mass is 390 g/mol. The number of benzene rings is 2. The van der Waals surface area contributed by atoms with Crippen LogP contribution in [0.25, 0.3) is 22.2 Å². The summed E-state index contributed by atoms with van der Waals surface area (Å²) in [6.07, 6.45) is 1.67. The first-order chi connectivity index (χ1) is 13.6. The van der Waals surface area contributed by atoms with Crippen molar-refractivity contribution in [1.82, 2.24) is 14.5 Å². The molecule has 0 aliphatic rings. The van der Waals surface area contributed by atoms with Gasteiger partial charge in [-0.05, 0) is 18.6 Å². The second kappa shape index (κ2) is 7.74. The standard InChI is InChI=1S/C21H18N4O2S/c1-14-6-5-9-16-19(14)22-13-25(20(16)27)11-10-18(26)24-21-23-17(12-28-21)15-7-3-2-4-8-15/h2-9,12-13H,10-11H2,1H3,(H,23,24,26). The number of aryl methyl sites for hydroxylation is 2. The first kappa shape index (κ1) is 18.1.